The van der Waals surface area contributed by atoms with Crippen molar-refractivity contribution in [2.75, 3.05) is 0 Å². The molecule has 2 radical (unpaired) electrons. The van der Waals surface area contributed by atoms with Crippen molar-refractivity contribution in [3.63, 3.8) is 0 Å². The Morgan fingerprint density at radius 2 is 2.00 bits per heavy atom. The third kappa shape index (κ3) is 2.72. The van der Waals surface area contributed by atoms with Crippen molar-refractivity contribution in [3.05, 3.63) is 0 Å². The Labute approximate surface area is 35.4 Å². The first-order valence-electron chi connectivity index (χ1n) is 1.62. The van der Waals surface area contributed by atoms with Gasteiger partial charge in [0.05, 0.1) is 0 Å². The molecule has 4 heteroatoms. The van der Waals surface area contributed by atoms with Crippen LogP contribution in [-0.2, 0) is 0 Å². The van der Waals surface area contributed by atoms with Gasteiger partial charge in [-0.05, 0) is 27.2 Å². The smallest absolute Gasteiger partial charge is 0.0362 e. The lowest BCUT2D eigenvalue weighted by Crippen LogP contribution is -2.00. The second-order valence-corrected chi connectivity index (χ2v) is 16.1. The highest BCUT2D eigenvalue weighted by Crippen LogP contribution is 1.24. The summed E-state index contributed by atoms with van der Waals surface area (Å²) in [5.41, 5.74) is 0. The standard InChI is InChI=1S/BH7Si3/c1-3-4-2/h3-4H2,2H3. The van der Waals surface area contributed by atoms with Crippen LogP contribution in [0.3, 0.4) is 0 Å². The molecule has 0 atom stereocenters. The molecule has 0 fully saturated rings. The summed E-state index contributed by atoms with van der Waals surface area (Å²) in [5, 5.41) is 0. The summed E-state index contributed by atoms with van der Waals surface area (Å²) in [4.78, 5) is 0. The molecule has 0 rings (SSSR count). The second kappa shape index (κ2) is 3.72. The van der Waals surface area contributed by atoms with Gasteiger partial charge < -0.3 is 0 Å². The lowest BCUT2D eigenvalue weighted by Gasteiger charge is -1.63. The van der Waals surface area contributed by atoms with Gasteiger partial charge in [-0.2, -0.15) is 0 Å². The molecule has 0 aliphatic carbocycles. The first kappa shape index (κ1) is 4.72. The second-order valence-electron chi connectivity index (χ2n) is 0.789. The van der Waals surface area contributed by atoms with Crippen LogP contribution < -0.4 is 0 Å². The van der Waals surface area contributed by atoms with Gasteiger partial charge in [0.25, 0.3) is 0 Å². The molecule has 22 valence electrons. The largest absolute Gasteiger partial charge is 0.0440 e. The number of rotatable bonds is 1. The average Bonchev–Trinajstić information content (AvgIpc) is 1.37. The summed E-state index contributed by atoms with van der Waals surface area (Å²) in [6, 6.07) is 0. The predicted octanol–water partition coefficient (Wildman–Crippen LogP) is -3.40. The molecule has 0 amide bonds. The summed E-state index contributed by atoms with van der Waals surface area (Å²) in [5.74, 6) is 0. The molecule has 0 bridgehead atoms. The molecular formula is H7BSi3. The summed E-state index contributed by atoms with van der Waals surface area (Å²) < 4.78 is 0. The van der Waals surface area contributed by atoms with Gasteiger partial charge in [0.15, 0.2) is 0 Å². The van der Waals surface area contributed by atoms with E-state index in [1.165, 1.54) is 9.76 Å². The molecule has 0 heterocycles. The lowest BCUT2D eigenvalue weighted by atomic mass is 10.8. The lowest BCUT2D eigenvalue weighted by molar-refractivity contribution is 4.14. The molecule has 0 spiro atoms. The Balaban J connectivity index is 1.97. The third-order valence-electron chi connectivity index (χ3n) is 0.289. The van der Waals surface area contributed by atoms with Crippen LogP contribution in [0.4, 0.5) is 0 Å². The highest BCUT2D eigenvalue weighted by molar-refractivity contribution is 7.37. The molecule has 4 heavy (non-hydrogen) atoms. The fraction of sp³-hybridized carbons (Fsp3) is 0. The molecule has 0 aromatic rings. The van der Waals surface area contributed by atoms with Crippen LogP contribution in [0.25, 0.3) is 0 Å². The summed E-state index contributed by atoms with van der Waals surface area (Å²) >= 11 is 0. The minimum atomic E-state index is 0.125. The Morgan fingerprint density at radius 1 is 1.75 bits per heavy atom. The zero-order valence-electron chi connectivity index (χ0n) is 2.99. The van der Waals surface area contributed by atoms with E-state index in [4.69, 9.17) is 7.44 Å². The van der Waals surface area contributed by atoms with Gasteiger partial charge in [0.2, 0.25) is 0 Å². The topological polar surface area (TPSA) is 0 Å². The van der Waals surface area contributed by atoms with Crippen molar-refractivity contribution in [2.24, 2.45) is 0 Å². The minimum absolute atomic E-state index is 0.125. The highest BCUT2D eigenvalue weighted by atomic mass is 29.5. The zero-order chi connectivity index (χ0) is 3.41. The van der Waals surface area contributed by atoms with E-state index >= 15 is 0 Å². The van der Waals surface area contributed by atoms with E-state index in [1.54, 1.807) is 0 Å². The van der Waals surface area contributed by atoms with Crippen LogP contribution in [0.1, 0.15) is 0 Å². The molecule has 0 saturated heterocycles. The van der Waals surface area contributed by atoms with Crippen molar-refractivity contribution >= 4 is 34.7 Å². The number of hydrogen-bond donors (Lipinski definition) is 0. The maximum absolute atomic E-state index is 5.26. The van der Waals surface area contributed by atoms with Crippen molar-refractivity contribution in [1.29, 1.82) is 0 Å². The van der Waals surface area contributed by atoms with E-state index in [9.17, 15) is 0 Å². The van der Waals surface area contributed by atoms with E-state index in [0.717, 1.165) is 0 Å². The van der Waals surface area contributed by atoms with Crippen LogP contribution in [0.5, 0.6) is 0 Å². The first-order chi connectivity index (χ1) is 1.91. The normalized spacial score (nSPS) is 14.0. The van der Waals surface area contributed by atoms with Gasteiger partial charge in [-0.25, -0.2) is 0 Å². The van der Waals surface area contributed by atoms with Crippen molar-refractivity contribution in [1.82, 2.24) is 0 Å². The van der Waals surface area contributed by atoms with Crippen molar-refractivity contribution < 1.29 is 0 Å². The molecule has 0 unspecified atom stereocenters. The molecule has 0 saturated carbocycles. The van der Waals surface area contributed by atoms with Gasteiger partial charge in [-0.15, -0.1) is 0 Å². The number of hydrogen-bond acceptors (Lipinski definition) is 0. The highest BCUT2D eigenvalue weighted by Gasteiger charge is 1.61. The predicted molar refractivity (Wildman–Crippen MR) is 32.8 cm³/mol. The molecular weight excluding hydrogens is 95.1 g/mol. The van der Waals surface area contributed by atoms with E-state index in [1.807, 2.05) is 0 Å². The Morgan fingerprint density at radius 3 is 2.00 bits per heavy atom. The maximum atomic E-state index is 5.26. The maximum Gasteiger partial charge on any atom is 0.0440 e. The monoisotopic (exact) mass is 102 g/mol. The van der Waals surface area contributed by atoms with Gasteiger partial charge in [0, 0.05) is 7.44 Å². The Kier molecular flexibility index (Phi) is 4.38. The zero-order valence-corrected chi connectivity index (χ0v) is 7.82. The molecule has 0 aromatic carbocycles. The first-order valence-corrected chi connectivity index (χ1v) is 12.1. The quantitative estimate of drug-likeness (QED) is 0.303. The molecule has 0 N–H and O–H groups in total. The molecule has 0 aliphatic rings. The molecule has 0 aromatic heterocycles. The molecule has 0 nitrogen and oxygen atoms in total. The van der Waals surface area contributed by atoms with E-state index < -0.39 is 0 Å². The van der Waals surface area contributed by atoms with Crippen LogP contribution >= 0.6 is 0 Å². The fourth-order valence-electron chi connectivity index (χ4n) is 0. The van der Waals surface area contributed by atoms with Gasteiger partial charge >= 0.3 is 0 Å². The van der Waals surface area contributed by atoms with Gasteiger partial charge in [0.1, 0.15) is 0 Å². The van der Waals surface area contributed by atoms with Crippen molar-refractivity contribution in [2.45, 2.75) is 0 Å². The Bertz CT molecular complexity index is 5.25. The third-order valence-corrected chi connectivity index (χ3v) is 7.79. The van der Waals surface area contributed by atoms with E-state index in [0.29, 0.717) is 8.55 Å². The van der Waals surface area contributed by atoms with Crippen LogP contribution in [0, 0.1) is 0 Å². The van der Waals surface area contributed by atoms with E-state index in [-0.39, 0.29) is 8.91 Å². The van der Waals surface area contributed by atoms with Crippen LogP contribution in [0.15, 0.2) is 0 Å². The SMILES string of the molecule is [B][SiH2][SiH2][SiH3]. The van der Waals surface area contributed by atoms with Crippen molar-refractivity contribution in [3.8, 4) is 0 Å². The minimum Gasteiger partial charge on any atom is -0.0362 e. The average molecular weight is 102 g/mol. The van der Waals surface area contributed by atoms with Gasteiger partial charge in [-0.1, -0.05) is 0 Å². The van der Waals surface area contributed by atoms with Crippen LogP contribution in [0.2, 0.25) is 0 Å². The summed E-state index contributed by atoms with van der Waals surface area (Å²) in [6.45, 7) is 0. The molecule has 0 aliphatic heterocycles. The van der Waals surface area contributed by atoms with Crippen LogP contribution in [-0.4, -0.2) is 34.7 Å². The summed E-state index contributed by atoms with van der Waals surface area (Å²) in [7, 11) is 7.33. The summed E-state index contributed by atoms with van der Waals surface area (Å²) in [6.07, 6.45) is 0. The fourth-order valence-corrected chi connectivity index (χ4v) is 0. The Hall–Kier alpha value is 0.716. The van der Waals surface area contributed by atoms with E-state index in [2.05, 4.69) is 0 Å². The van der Waals surface area contributed by atoms with Gasteiger partial charge in [-0.3, -0.25) is 0 Å².